The van der Waals surface area contributed by atoms with Gasteiger partial charge in [0.05, 0.1) is 0 Å². The fourth-order valence-corrected chi connectivity index (χ4v) is 4.99. The van der Waals surface area contributed by atoms with Gasteiger partial charge in [0.25, 0.3) is 0 Å². The maximum Gasteiger partial charge on any atom is 0.223 e. The highest BCUT2D eigenvalue weighted by molar-refractivity contribution is 14.0. The number of aliphatic imine (C=N–C) groups is 1. The molecule has 0 aromatic heterocycles. The second-order valence-corrected chi connectivity index (χ2v) is 9.38. The van der Waals surface area contributed by atoms with Crippen LogP contribution in [0.2, 0.25) is 0 Å². The van der Waals surface area contributed by atoms with Gasteiger partial charge in [-0.15, -0.1) is 24.0 Å². The van der Waals surface area contributed by atoms with Crippen LogP contribution in [0.1, 0.15) is 57.9 Å². The number of benzene rings is 1. The first-order valence-corrected chi connectivity index (χ1v) is 12.6. The average Bonchev–Trinajstić information content (AvgIpc) is 3.42. The summed E-state index contributed by atoms with van der Waals surface area (Å²) in [6.45, 7) is 9.88. The minimum atomic E-state index is 0. The van der Waals surface area contributed by atoms with E-state index < -0.39 is 0 Å². The van der Waals surface area contributed by atoms with Gasteiger partial charge in [-0.25, -0.2) is 0 Å². The number of halogens is 1. The number of nitrogens with one attached hydrogen (secondary N) is 2. The van der Waals surface area contributed by atoms with E-state index in [1.54, 1.807) is 0 Å². The van der Waals surface area contributed by atoms with Crippen molar-refractivity contribution in [2.75, 3.05) is 45.9 Å². The third kappa shape index (κ3) is 9.08. The molecule has 2 aliphatic rings. The lowest BCUT2D eigenvalue weighted by Gasteiger charge is -2.27. The number of guanidine groups is 1. The summed E-state index contributed by atoms with van der Waals surface area (Å²) in [6, 6.07) is 10.4. The summed E-state index contributed by atoms with van der Waals surface area (Å²) >= 11 is 0. The smallest absolute Gasteiger partial charge is 0.223 e. The largest absolute Gasteiger partial charge is 0.382 e. The molecular weight excluding hydrogens is 527 g/mol. The Balaban J connectivity index is 0.00000385. The van der Waals surface area contributed by atoms with Gasteiger partial charge in [0.15, 0.2) is 5.96 Å². The normalized spacial score (nSPS) is 20.1. The lowest BCUT2D eigenvalue weighted by Crippen LogP contribution is -2.41. The zero-order valence-corrected chi connectivity index (χ0v) is 22.8. The first-order valence-electron chi connectivity index (χ1n) is 12.6. The van der Waals surface area contributed by atoms with Crippen LogP contribution in [-0.4, -0.2) is 62.7 Å². The van der Waals surface area contributed by atoms with Gasteiger partial charge in [0.1, 0.15) is 0 Å². The zero-order chi connectivity index (χ0) is 22.7. The number of nitrogens with zero attached hydrogens (tertiary/aromatic N) is 2. The fourth-order valence-electron chi connectivity index (χ4n) is 4.99. The van der Waals surface area contributed by atoms with Crippen molar-refractivity contribution >= 4 is 35.8 Å². The van der Waals surface area contributed by atoms with Gasteiger partial charge in [0.2, 0.25) is 5.91 Å². The summed E-state index contributed by atoms with van der Waals surface area (Å²) in [4.78, 5) is 19.5. The number of likely N-dealkylation sites (tertiary alicyclic amines) is 1. The van der Waals surface area contributed by atoms with E-state index in [1.165, 1.54) is 31.2 Å². The van der Waals surface area contributed by atoms with Gasteiger partial charge in [-0.1, -0.05) is 43.2 Å². The van der Waals surface area contributed by atoms with Crippen molar-refractivity contribution in [2.45, 2.75) is 58.8 Å². The molecule has 33 heavy (non-hydrogen) atoms. The molecule has 0 radical (unpaired) electrons. The van der Waals surface area contributed by atoms with Gasteiger partial charge < -0.3 is 20.3 Å². The summed E-state index contributed by atoms with van der Waals surface area (Å²) in [5, 5.41) is 6.91. The number of rotatable bonds is 12. The highest BCUT2D eigenvalue weighted by Gasteiger charge is 2.33. The van der Waals surface area contributed by atoms with Crippen molar-refractivity contribution < 1.29 is 9.53 Å². The second kappa shape index (κ2) is 14.8. The molecule has 1 unspecified atom stereocenters. The zero-order valence-electron chi connectivity index (χ0n) is 20.5. The molecule has 1 aromatic rings. The predicted octanol–water partition coefficient (Wildman–Crippen LogP) is 4.24. The quantitative estimate of drug-likeness (QED) is 0.171. The third-order valence-corrected chi connectivity index (χ3v) is 6.93. The van der Waals surface area contributed by atoms with Gasteiger partial charge in [0, 0.05) is 58.3 Å². The maximum atomic E-state index is 12.5. The minimum absolute atomic E-state index is 0. The number of hydrogen-bond donors (Lipinski definition) is 2. The highest BCUT2D eigenvalue weighted by Crippen LogP contribution is 2.41. The Bertz CT molecular complexity index is 722. The first-order chi connectivity index (χ1) is 15.6. The molecule has 7 heteroatoms. The van der Waals surface area contributed by atoms with Crippen LogP contribution in [-0.2, 0) is 16.0 Å². The van der Waals surface area contributed by atoms with Gasteiger partial charge in [-0.2, -0.15) is 0 Å². The van der Waals surface area contributed by atoms with E-state index in [0.717, 1.165) is 64.7 Å². The summed E-state index contributed by atoms with van der Waals surface area (Å²) in [5.41, 5.74) is 1.57. The third-order valence-electron chi connectivity index (χ3n) is 6.93. The molecule has 1 aliphatic heterocycles. The van der Waals surface area contributed by atoms with E-state index in [4.69, 9.17) is 9.73 Å². The molecule has 186 valence electrons. The van der Waals surface area contributed by atoms with Crippen LogP contribution in [0.3, 0.4) is 0 Å². The minimum Gasteiger partial charge on any atom is -0.382 e. The molecule has 1 saturated heterocycles. The monoisotopic (exact) mass is 570 g/mol. The van der Waals surface area contributed by atoms with Crippen LogP contribution < -0.4 is 10.6 Å². The number of hydrogen-bond acceptors (Lipinski definition) is 3. The Morgan fingerprint density at radius 1 is 1.18 bits per heavy atom. The molecule has 3 rings (SSSR count). The van der Waals surface area contributed by atoms with Crippen molar-refractivity contribution in [3.63, 3.8) is 0 Å². The second-order valence-electron chi connectivity index (χ2n) is 9.38. The van der Waals surface area contributed by atoms with E-state index in [2.05, 4.69) is 48.7 Å². The number of ether oxygens (including phenoxy) is 1. The lowest BCUT2D eigenvalue weighted by atomic mass is 9.83. The topological polar surface area (TPSA) is 66.0 Å². The molecule has 1 aliphatic carbocycles. The molecular formula is C26H43IN4O2. The Morgan fingerprint density at radius 2 is 1.94 bits per heavy atom. The first kappa shape index (κ1) is 27.9. The fraction of sp³-hybridized carbons (Fsp3) is 0.692. The van der Waals surface area contributed by atoms with E-state index in [-0.39, 0.29) is 35.3 Å². The van der Waals surface area contributed by atoms with Crippen LogP contribution >= 0.6 is 24.0 Å². The van der Waals surface area contributed by atoms with Gasteiger partial charge in [-0.05, 0) is 50.5 Å². The van der Waals surface area contributed by atoms with Crippen molar-refractivity contribution in [1.29, 1.82) is 0 Å². The van der Waals surface area contributed by atoms with Crippen LogP contribution in [0.25, 0.3) is 0 Å². The lowest BCUT2D eigenvalue weighted by molar-refractivity contribution is -0.127. The SMILES string of the molecule is CCNC(=NCC1(CCOCC)CCCC1)NCC1CC(=O)N(CCc2ccccc2)C1.I. The van der Waals surface area contributed by atoms with Crippen molar-refractivity contribution in [1.82, 2.24) is 15.5 Å². The number of carbonyl (C=O) groups excluding carboxylic acids is 1. The molecule has 1 atom stereocenters. The maximum absolute atomic E-state index is 12.5. The molecule has 1 heterocycles. The average molecular weight is 571 g/mol. The van der Waals surface area contributed by atoms with Crippen molar-refractivity contribution in [2.24, 2.45) is 16.3 Å². The van der Waals surface area contributed by atoms with Gasteiger partial charge >= 0.3 is 0 Å². The Kier molecular flexibility index (Phi) is 12.5. The molecule has 1 aromatic carbocycles. The molecule has 0 spiro atoms. The summed E-state index contributed by atoms with van der Waals surface area (Å²) in [5.74, 6) is 1.49. The van der Waals surface area contributed by atoms with E-state index in [1.807, 2.05) is 11.0 Å². The Labute approximate surface area is 217 Å². The summed E-state index contributed by atoms with van der Waals surface area (Å²) in [7, 11) is 0. The molecule has 2 N–H and O–H groups in total. The number of amides is 1. The highest BCUT2D eigenvalue weighted by atomic mass is 127. The number of carbonyl (C=O) groups is 1. The molecule has 6 nitrogen and oxygen atoms in total. The Hall–Kier alpha value is -1.35. The van der Waals surface area contributed by atoms with E-state index >= 15 is 0 Å². The van der Waals surface area contributed by atoms with Crippen LogP contribution in [0, 0.1) is 11.3 Å². The molecule has 1 amide bonds. The van der Waals surface area contributed by atoms with Crippen LogP contribution in [0.4, 0.5) is 0 Å². The summed E-state index contributed by atoms with van der Waals surface area (Å²) < 4.78 is 5.64. The van der Waals surface area contributed by atoms with Crippen LogP contribution in [0.15, 0.2) is 35.3 Å². The molecule has 2 fully saturated rings. The molecule has 1 saturated carbocycles. The van der Waals surface area contributed by atoms with Gasteiger partial charge in [-0.3, -0.25) is 9.79 Å². The summed E-state index contributed by atoms with van der Waals surface area (Å²) in [6.07, 6.45) is 7.73. The molecule has 0 bridgehead atoms. The van der Waals surface area contributed by atoms with Crippen LogP contribution in [0.5, 0.6) is 0 Å². The van der Waals surface area contributed by atoms with E-state index in [9.17, 15) is 4.79 Å². The Morgan fingerprint density at radius 3 is 2.64 bits per heavy atom. The van der Waals surface area contributed by atoms with Crippen molar-refractivity contribution in [3.05, 3.63) is 35.9 Å². The predicted molar refractivity (Wildman–Crippen MR) is 146 cm³/mol. The standard InChI is InChI=1S/C26H42N4O2.HI/c1-3-27-25(29-21-26(13-8-9-14-26)15-17-32-4-2)28-19-23-18-24(31)30(20-23)16-12-22-10-6-5-7-11-22;/h5-7,10-11,23H,3-4,8-9,12-21H2,1-2H3,(H2,27,28,29);1H. The van der Waals surface area contributed by atoms with Crippen molar-refractivity contribution in [3.8, 4) is 0 Å². The van der Waals surface area contributed by atoms with E-state index in [0.29, 0.717) is 12.3 Å².